The van der Waals surface area contributed by atoms with Crippen molar-refractivity contribution < 1.29 is 5.11 Å². The maximum atomic E-state index is 10.6. The topological polar surface area (TPSA) is 26.7 Å². The molecule has 3 heteroatoms. The van der Waals surface area contributed by atoms with E-state index in [1.165, 1.54) is 76.0 Å². The van der Waals surface area contributed by atoms with Crippen LogP contribution in [0.1, 0.15) is 56.1 Å². The molecular weight excluding hydrogens is 392 g/mol. The molecule has 3 nitrogen and oxygen atoms in total. The predicted octanol–water partition coefficient (Wildman–Crippen LogP) is 5.23. The number of nitrogens with zero attached hydrogens (tertiary/aromatic N) is 2. The summed E-state index contributed by atoms with van der Waals surface area (Å²) in [5.74, 6) is 1.60. The molecule has 1 aromatic carbocycles. The first kappa shape index (κ1) is 23.7. The normalized spacial score (nSPS) is 29.0. The number of aryl methyl sites for hydroxylation is 2. The van der Waals surface area contributed by atoms with Crippen molar-refractivity contribution in [2.24, 2.45) is 17.8 Å². The molecule has 1 aromatic rings. The Kier molecular flexibility index (Phi) is 8.62. The van der Waals surface area contributed by atoms with E-state index < -0.39 is 0 Å². The first-order chi connectivity index (χ1) is 15.6. The molecule has 0 amide bonds. The predicted molar refractivity (Wildman–Crippen MR) is 135 cm³/mol. The molecule has 4 atom stereocenters. The van der Waals surface area contributed by atoms with Crippen molar-refractivity contribution in [1.29, 1.82) is 0 Å². The Morgan fingerprint density at radius 2 is 1.91 bits per heavy atom. The van der Waals surface area contributed by atoms with Crippen LogP contribution in [0, 0.1) is 24.7 Å². The zero-order chi connectivity index (χ0) is 22.3. The highest BCUT2D eigenvalue weighted by molar-refractivity contribution is 5.23. The van der Waals surface area contributed by atoms with Gasteiger partial charge in [-0.15, -0.1) is 0 Å². The molecule has 4 rings (SSSR count). The van der Waals surface area contributed by atoms with Gasteiger partial charge in [0.05, 0.1) is 6.10 Å². The van der Waals surface area contributed by atoms with Crippen LogP contribution in [0.5, 0.6) is 0 Å². The van der Waals surface area contributed by atoms with Crippen LogP contribution in [-0.2, 0) is 6.42 Å². The Balaban J connectivity index is 1.14. The number of benzene rings is 1. The van der Waals surface area contributed by atoms with Crippen molar-refractivity contribution in [3.8, 4) is 0 Å². The third-order valence-electron chi connectivity index (χ3n) is 8.06. The highest BCUT2D eigenvalue weighted by atomic mass is 16.3. The van der Waals surface area contributed by atoms with E-state index in [1.54, 1.807) is 5.57 Å². The van der Waals surface area contributed by atoms with E-state index in [4.69, 9.17) is 0 Å². The van der Waals surface area contributed by atoms with Gasteiger partial charge in [0.1, 0.15) is 0 Å². The fraction of sp³-hybridized carbons (Fsp3) is 0.655. The van der Waals surface area contributed by atoms with E-state index in [0.717, 1.165) is 19.3 Å². The van der Waals surface area contributed by atoms with Crippen molar-refractivity contribution in [1.82, 2.24) is 9.80 Å². The Hall–Kier alpha value is -1.42. The number of likely N-dealkylation sites (N-methyl/N-ethyl adjacent to an activating group) is 1. The van der Waals surface area contributed by atoms with Crippen LogP contribution in [-0.4, -0.2) is 60.8 Å². The lowest BCUT2D eigenvalue weighted by Crippen LogP contribution is -2.44. The lowest BCUT2D eigenvalue weighted by atomic mass is 9.88. The number of rotatable bonds is 10. The van der Waals surface area contributed by atoms with Gasteiger partial charge in [0, 0.05) is 32.1 Å². The molecule has 1 saturated heterocycles. The fourth-order valence-electron chi connectivity index (χ4n) is 6.10. The zero-order valence-electron chi connectivity index (χ0n) is 20.4. The maximum Gasteiger partial charge on any atom is 0.0611 e. The summed E-state index contributed by atoms with van der Waals surface area (Å²) in [6.07, 6.45) is 16.7. The van der Waals surface area contributed by atoms with Crippen LogP contribution in [0.15, 0.2) is 48.1 Å². The van der Waals surface area contributed by atoms with Crippen LogP contribution in [0.4, 0.5) is 0 Å². The summed E-state index contributed by atoms with van der Waals surface area (Å²) in [4.78, 5) is 5.07. The summed E-state index contributed by atoms with van der Waals surface area (Å²) in [6, 6.07) is 8.82. The van der Waals surface area contributed by atoms with Gasteiger partial charge in [0.25, 0.3) is 0 Å². The summed E-state index contributed by atoms with van der Waals surface area (Å²) in [7, 11) is 2.23. The number of fused-ring (bicyclic) bond motifs is 1. The Morgan fingerprint density at radius 1 is 1.06 bits per heavy atom. The van der Waals surface area contributed by atoms with Crippen LogP contribution in [0.3, 0.4) is 0 Å². The third-order valence-corrected chi connectivity index (χ3v) is 8.06. The van der Waals surface area contributed by atoms with Gasteiger partial charge in [-0.25, -0.2) is 0 Å². The van der Waals surface area contributed by atoms with Gasteiger partial charge >= 0.3 is 0 Å². The van der Waals surface area contributed by atoms with E-state index >= 15 is 0 Å². The number of aliphatic hydroxyl groups is 1. The second-order valence-electron chi connectivity index (χ2n) is 10.6. The van der Waals surface area contributed by atoms with Gasteiger partial charge in [-0.1, -0.05) is 60.1 Å². The molecule has 32 heavy (non-hydrogen) atoms. The Morgan fingerprint density at radius 3 is 2.72 bits per heavy atom. The molecule has 1 heterocycles. The minimum Gasteiger partial charge on any atom is -0.392 e. The molecule has 3 aliphatic rings. The first-order valence-corrected chi connectivity index (χ1v) is 13.1. The second-order valence-corrected chi connectivity index (χ2v) is 10.6. The number of allylic oxidation sites excluding steroid dienone is 3. The SMILES string of the molecule is Cc1cccc(CCC=C[C@@H]2[C@H]3CC(CCCCCN4CCN(C)CC4)=C[C@H]3C[C@H]2O)c1. The van der Waals surface area contributed by atoms with Crippen LogP contribution in [0.2, 0.25) is 0 Å². The van der Waals surface area contributed by atoms with E-state index in [1.807, 2.05) is 0 Å². The Labute approximate surface area is 196 Å². The van der Waals surface area contributed by atoms with E-state index in [2.05, 4.69) is 66.3 Å². The molecule has 2 fully saturated rings. The number of aliphatic hydroxyl groups excluding tert-OH is 1. The lowest BCUT2D eigenvalue weighted by molar-refractivity contribution is 0.141. The first-order valence-electron chi connectivity index (χ1n) is 13.1. The number of hydrogen-bond acceptors (Lipinski definition) is 3. The monoisotopic (exact) mass is 436 g/mol. The van der Waals surface area contributed by atoms with Crippen LogP contribution >= 0.6 is 0 Å². The fourth-order valence-corrected chi connectivity index (χ4v) is 6.10. The van der Waals surface area contributed by atoms with Crippen molar-refractivity contribution in [3.05, 3.63) is 59.2 Å². The van der Waals surface area contributed by atoms with Crippen molar-refractivity contribution >= 4 is 0 Å². The van der Waals surface area contributed by atoms with Crippen LogP contribution in [0.25, 0.3) is 0 Å². The second kappa shape index (κ2) is 11.6. The van der Waals surface area contributed by atoms with E-state index in [0.29, 0.717) is 17.8 Å². The molecule has 1 saturated carbocycles. The van der Waals surface area contributed by atoms with Gasteiger partial charge < -0.3 is 14.9 Å². The molecule has 176 valence electrons. The quantitative estimate of drug-likeness (QED) is 0.402. The minimum absolute atomic E-state index is 0.151. The van der Waals surface area contributed by atoms with Gasteiger partial charge in [-0.2, -0.15) is 0 Å². The molecule has 0 aromatic heterocycles. The smallest absolute Gasteiger partial charge is 0.0611 e. The molecule has 1 N–H and O–H groups in total. The number of piperazine rings is 1. The lowest BCUT2D eigenvalue weighted by Gasteiger charge is -2.32. The molecular formula is C29H44N2O. The zero-order valence-corrected chi connectivity index (χ0v) is 20.4. The van der Waals surface area contributed by atoms with Gasteiger partial charge in [-0.3, -0.25) is 0 Å². The molecule has 0 radical (unpaired) electrons. The number of unbranched alkanes of at least 4 members (excludes halogenated alkanes) is 2. The summed E-state index contributed by atoms with van der Waals surface area (Å²) in [6.45, 7) is 8.37. The third kappa shape index (κ3) is 6.56. The largest absolute Gasteiger partial charge is 0.392 e. The summed E-state index contributed by atoms with van der Waals surface area (Å²) in [5, 5.41) is 10.6. The minimum atomic E-state index is -0.151. The molecule has 1 aliphatic heterocycles. The van der Waals surface area contributed by atoms with E-state index in [-0.39, 0.29) is 6.10 Å². The number of hydrogen-bond donors (Lipinski definition) is 1. The van der Waals surface area contributed by atoms with E-state index in [9.17, 15) is 5.11 Å². The summed E-state index contributed by atoms with van der Waals surface area (Å²) in [5.41, 5.74) is 4.42. The van der Waals surface area contributed by atoms with Crippen LogP contribution < -0.4 is 0 Å². The molecule has 0 unspecified atom stereocenters. The maximum absolute atomic E-state index is 10.6. The summed E-state index contributed by atoms with van der Waals surface area (Å²) < 4.78 is 0. The summed E-state index contributed by atoms with van der Waals surface area (Å²) >= 11 is 0. The molecule has 2 aliphatic carbocycles. The van der Waals surface area contributed by atoms with Crippen molar-refractivity contribution in [3.63, 3.8) is 0 Å². The Bertz CT molecular complexity index is 777. The van der Waals surface area contributed by atoms with Crippen molar-refractivity contribution in [2.45, 2.75) is 64.4 Å². The molecule has 0 spiro atoms. The average molecular weight is 437 g/mol. The highest BCUT2D eigenvalue weighted by Crippen LogP contribution is 2.48. The van der Waals surface area contributed by atoms with Gasteiger partial charge in [0.2, 0.25) is 0 Å². The highest BCUT2D eigenvalue weighted by Gasteiger charge is 2.43. The van der Waals surface area contributed by atoms with Gasteiger partial charge in [-0.05, 0) is 82.9 Å². The average Bonchev–Trinajstić information content (AvgIpc) is 3.29. The van der Waals surface area contributed by atoms with Crippen molar-refractivity contribution in [2.75, 3.05) is 39.8 Å². The standard InChI is InChI=1S/C29H44N2O/c1-23-9-8-12-24(19-23)10-5-6-13-27-28-21-25(20-26(28)22-29(27)32)11-4-3-7-14-31-17-15-30(2)16-18-31/h6,8-9,12-13,19-20,26-29,32H,3-5,7,10-11,14-18,21-22H2,1-2H3/t26-,27+,28-,29+/m0/s1. The molecule has 0 bridgehead atoms. The van der Waals surface area contributed by atoms with Gasteiger partial charge in [0.15, 0.2) is 0 Å².